The van der Waals surface area contributed by atoms with Crippen molar-refractivity contribution < 1.29 is 9.18 Å². The molecule has 3 N–H and O–H groups in total. The molecule has 4 aromatic rings. The third-order valence-electron chi connectivity index (χ3n) is 7.49. The Morgan fingerprint density at radius 2 is 1.92 bits per heavy atom. The number of aryl methyl sites for hydroxylation is 1. The molecule has 2 aliphatic rings. The van der Waals surface area contributed by atoms with Gasteiger partial charge in [0, 0.05) is 41.6 Å². The van der Waals surface area contributed by atoms with Crippen LogP contribution in [0.1, 0.15) is 42.3 Å². The van der Waals surface area contributed by atoms with E-state index < -0.39 is 0 Å². The van der Waals surface area contributed by atoms with Gasteiger partial charge >= 0.3 is 0 Å². The second-order valence-electron chi connectivity index (χ2n) is 9.88. The van der Waals surface area contributed by atoms with Gasteiger partial charge in [-0.15, -0.1) is 0 Å². The van der Waals surface area contributed by atoms with E-state index in [4.69, 9.17) is 4.98 Å². The number of likely N-dealkylation sites (tertiary alicyclic amines) is 1. The number of aromatic nitrogens is 2. The van der Waals surface area contributed by atoms with Crippen molar-refractivity contribution in [3.8, 4) is 0 Å². The van der Waals surface area contributed by atoms with E-state index >= 15 is 0 Å². The molecule has 0 saturated carbocycles. The first-order valence-electron chi connectivity index (χ1n) is 12.9. The predicted octanol–water partition coefficient (Wildman–Crippen LogP) is 5.82. The van der Waals surface area contributed by atoms with Crippen molar-refractivity contribution in [3.05, 3.63) is 89.0 Å². The van der Waals surface area contributed by atoms with Gasteiger partial charge in [0.15, 0.2) is 0 Å². The van der Waals surface area contributed by atoms with Crippen LogP contribution in [-0.4, -0.2) is 46.5 Å². The van der Waals surface area contributed by atoms with Gasteiger partial charge in [-0.25, -0.2) is 9.37 Å². The number of nitrogens with zero attached hydrogens (tertiary/aromatic N) is 2. The summed E-state index contributed by atoms with van der Waals surface area (Å²) in [6.45, 7) is 7.19. The Hall–Kier alpha value is -3.97. The van der Waals surface area contributed by atoms with Crippen LogP contribution in [0, 0.1) is 12.7 Å². The molecule has 2 aliphatic heterocycles. The number of fused-ring (bicyclic) bond motifs is 2. The summed E-state index contributed by atoms with van der Waals surface area (Å²) in [5, 5.41) is 6.71. The first-order valence-corrected chi connectivity index (χ1v) is 12.9. The number of hydrogen-bond acceptors (Lipinski definition) is 4. The number of benzene rings is 3. The molecule has 7 heteroatoms. The molecule has 3 heterocycles. The van der Waals surface area contributed by atoms with Crippen LogP contribution in [0.5, 0.6) is 0 Å². The number of aromatic amines is 1. The molecule has 0 unspecified atom stereocenters. The maximum Gasteiger partial charge on any atom is 0.257 e. The SMILES string of the molecule is CCN1CCC(Nc2ccc3c(c2)/C(=C(\c2ccc(F)c(C)c2)c2nc4ccccc4[nH]2)C(=O)N3)CC1. The number of amides is 1. The van der Waals surface area contributed by atoms with E-state index in [1.807, 2.05) is 42.5 Å². The Morgan fingerprint density at radius 1 is 1.11 bits per heavy atom. The second kappa shape index (κ2) is 9.48. The Balaban J connectivity index is 1.47. The molecule has 1 fully saturated rings. The van der Waals surface area contributed by atoms with Crippen LogP contribution in [0.3, 0.4) is 0 Å². The molecule has 1 saturated heterocycles. The Morgan fingerprint density at radius 3 is 2.68 bits per heavy atom. The van der Waals surface area contributed by atoms with E-state index in [2.05, 4.69) is 27.4 Å². The predicted molar refractivity (Wildman–Crippen MR) is 147 cm³/mol. The number of anilines is 2. The minimum atomic E-state index is -0.283. The van der Waals surface area contributed by atoms with Crippen molar-refractivity contribution >= 4 is 39.5 Å². The second-order valence-corrected chi connectivity index (χ2v) is 9.88. The van der Waals surface area contributed by atoms with Crippen LogP contribution < -0.4 is 10.6 Å². The highest BCUT2D eigenvalue weighted by atomic mass is 19.1. The van der Waals surface area contributed by atoms with Gasteiger partial charge in [-0.05, 0) is 79.9 Å². The lowest BCUT2D eigenvalue weighted by atomic mass is 9.93. The molecule has 0 atom stereocenters. The monoisotopic (exact) mass is 495 g/mol. The summed E-state index contributed by atoms with van der Waals surface area (Å²) >= 11 is 0. The highest BCUT2D eigenvalue weighted by Gasteiger charge is 2.31. The van der Waals surface area contributed by atoms with Crippen molar-refractivity contribution in [2.24, 2.45) is 0 Å². The number of H-pyrrole nitrogens is 1. The summed E-state index contributed by atoms with van der Waals surface area (Å²) < 4.78 is 14.2. The first-order chi connectivity index (χ1) is 18.0. The van der Waals surface area contributed by atoms with Crippen LogP contribution in [0.25, 0.3) is 22.2 Å². The molecule has 3 aromatic carbocycles. The van der Waals surface area contributed by atoms with Gasteiger partial charge in [-0.1, -0.05) is 25.1 Å². The van der Waals surface area contributed by atoms with Crippen LogP contribution >= 0.6 is 0 Å². The van der Waals surface area contributed by atoms with Gasteiger partial charge < -0.3 is 20.5 Å². The van der Waals surface area contributed by atoms with Gasteiger partial charge in [0.05, 0.1) is 16.6 Å². The third kappa shape index (κ3) is 4.40. The zero-order chi connectivity index (χ0) is 25.5. The lowest BCUT2D eigenvalue weighted by Crippen LogP contribution is -2.38. The molecule has 0 aliphatic carbocycles. The average molecular weight is 496 g/mol. The molecule has 0 radical (unpaired) electrons. The molecule has 0 bridgehead atoms. The number of carbonyl (C=O) groups excluding carboxylic acids is 1. The fourth-order valence-corrected chi connectivity index (χ4v) is 5.41. The fraction of sp³-hybridized carbons (Fsp3) is 0.267. The Kier molecular flexibility index (Phi) is 6.00. The van der Waals surface area contributed by atoms with Crippen molar-refractivity contribution in [2.75, 3.05) is 30.3 Å². The molecule has 6 rings (SSSR count). The highest BCUT2D eigenvalue weighted by molar-refractivity contribution is 6.38. The van der Waals surface area contributed by atoms with Crippen LogP contribution in [0.15, 0.2) is 60.7 Å². The molecule has 6 nitrogen and oxygen atoms in total. The third-order valence-corrected chi connectivity index (χ3v) is 7.49. The van der Waals surface area contributed by atoms with Crippen molar-refractivity contribution in [2.45, 2.75) is 32.7 Å². The lowest BCUT2D eigenvalue weighted by Gasteiger charge is -2.32. The summed E-state index contributed by atoms with van der Waals surface area (Å²) in [6.07, 6.45) is 2.17. The summed E-state index contributed by atoms with van der Waals surface area (Å²) in [5.41, 5.74) is 6.69. The molecule has 1 aromatic heterocycles. The van der Waals surface area contributed by atoms with Crippen LogP contribution in [0.4, 0.5) is 15.8 Å². The Labute approximate surface area is 215 Å². The standard InChI is InChI=1S/C30H30FN5O/c1-3-36-14-12-20(13-15-36)32-21-9-11-24-22(17-21)28(30(37)35-24)27(19-8-10-23(31)18(2)16-19)29-33-25-6-4-5-7-26(25)34-29/h4-11,16-17,20,32H,3,12-15H2,1-2H3,(H,33,34)(H,35,37)/b28-27-. The van der Waals surface area contributed by atoms with E-state index in [0.29, 0.717) is 28.6 Å². The van der Waals surface area contributed by atoms with Crippen molar-refractivity contribution in [3.63, 3.8) is 0 Å². The fourth-order valence-electron chi connectivity index (χ4n) is 5.41. The van der Waals surface area contributed by atoms with Crippen LogP contribution in [0.2, 0.25) is 0 Å². The maximum atomic E-state index is 14.2. The van der Waals surface area contributed by atoms with E-state index in [9.17, 15) is 9.18 Å². The smallest absolute Gasteiger partial charge is 0.257 e. The average Bonchev–Trinajstić information content (AvgIpc) is 3.47. The summed E-state index contributed by atoms with van der Waals surface area (Å²) in [5.74, 6) is 0.103. The molecular formula is C30H30FN5O. The summed E-state index contributed by atoms with van der Waals surface area (Å²) in [7, 11) is 0. The Bertz CT molecular complexity index is 1500. The van der Waals surface area contributed by atoms with E-state index in [1.54, 1.807) is 19.1 Å². The lowest BCUT2D eigenvalue weighted by molar-refractivity contribution is -0.110. The van der Waals surface area contributed by atoms with Gasteiger partial charge in [-0.2, -0.15) is 0 Å². The zero-order valence-electron chi connectivity index (χ0n) is 21.1. The number of halogens is 1. The quantitative estimate of drug-likeness (QED) is 0.305. The normalized spacial score (nSPS) is 17.6. The van der Waals surface area contributed by atoms with Gasteiger partial charge in [0.2, 0.25) is 0 Å². The molecule has 1 amide bonds. The van der Waals surface area contributed by atoms with Crippen molar-refractivity contribution in [1.29, 1.82) is 0 Å². The van der Waals surface area contributed by atoms with Gasteiger partial charge in [0.1, 0.15) is 11.6 Å². The molecule has 188 valence electrons. The van der Waals surface area contributed by atoms with E-state index in [1.165, 1.54) is 6.07 Å². The highest BCUT2D eigenvalue weighted by Crippen LogP contribution is 2.41. The topological polar surface area (TPSA) is 73.0 Å². The summed E-state index contributed by atoms with van der Waals surface area (Å²) in [4.78, 5) is 24.1. The molecule has 0 spiro atoms. The minimum Gasteiger partial charge on any atom is -0.382 e. The molecular weight excluding hydrogens is 465 g/mol. The van der Waals surface area contributed by atoms with Crippen molar-refractivity contribution in [1.82, 2.24) is 14.9 Å². The number of hydrogen-bond donors (Lipinski definition) is 3. The van der Waals surface area contributed by atoms with E-state index in [-0.39, 0.29) is 11.7 Å². The molecule has 37 heavy (non-hydrogen) atoms. The van der Waals surface area contributed by atoms with Crippen LogP contribution in [-0.2, 0) is 4.79 Å². The number of para-hydroxylation sites is 2. The van der Waals surface area contributed by atoms with Gasteiger partial charge in [-0.3, -0.25) is 4.79 Å². The number of nitrogens with one attached hydrogen (secondary N) is 3. The number of imidazole rings is 1. The zero-order valence-corrected chi connectivity index (χ0v) is 21.1. The number of rotatable bonds is 5. The minimum absolute atomic E-state index is 0.194. The number of carbonyl (C=O) groups is 1. The van der Waals surface area contributed by atoms with E-state index in [0.717, 1.165) is 66.0 Å². The largest absolute Gasteiger partial charge is 0.382 e. The van der Waals surface area contributed by atoms with Gasteiger partial charge in [0.25, 0.3) is 5.91 Å². The summed E-state index contributed by atoms with van der Waals surface area (Å²) in [6, 6.07) is 19.1. The maximum absolute atomic E-state index is 14.2. The number of piperidine rings is 1. The first kappa shape index (κ1) is 23.4.